The SMILES string of the molecule is CCC(CC)(CNC)CN1CCC(C)C1CO. The van der Waals surface area contributed by atoms with E-state index in [4.69, 9.17) is 0 Å². The lowest BCUT2D eigenvalue weighted by Crippen LogP contribution is -2.46. The zero-order valence-electron chi connectivity index (χ0n) is 12.0. The van der Waals surface area contributed by atoms with E-state index in [-0.39, 0.29) is 0 Å². The molecule has 0 aromatic carbocycles. The van der Waals surface area contributed by atoms with Gasteiger partial charge in [0.15, 0.2) is 0 Å². The number of hydrogen-bond acceptors (Lipinski definition) is 3. The standard InChI is InChI=1S/C14H30N2O/c1-5-14(6-2,10-15-4)11-16-8-7-12(3)13(16)9-17/h12-13,15,17H,5-11H2,1-4H3. The first-order valence-electron chi connectivity index (χ1n) is 7.12. The van der Waals surface area contributed by atoms with Gasteiger partial charge in [-0.05, 0) is 44.2 Å². The van der Waals surface area contributed by atoms with E-state index in [2.05, 4.69) is 31.0 Å². The molecule has 0 aromatic rings. The van der Waals surface area contributed by atoms with Crippen LogP contribution in [0, 0.1) is 11.3 Å². The quantitative estimate of drug-likeness (QED) is 0.713. The molecule has 3 nitrogen and oxygen atoms in total. The average Bonchev–Trinajstić information content (AvgIpc) is 2.69. The van der Waals surface area contributed by atoms with Crippen molar-refractivity contribution in [2.45, 2.75) is 46.1 Å². The molecule has 2 unspecified atom stereocenters. The van der Waals surface area contributed by atoms with Crippen molar-refractivity contribution in [3.63, 3.8) is 0 Å². The predicted molar refractivity (Wildman–Crippen MR) is 73.2 cm³/mol. The zero-order chi connectivity index (χ0) is 12.9. The van der Waals surface area contributed by atoms with E-state index in [0.29, 0.717) is 24.0 Å². The molecule has 1 heterocycles. The Hall–Kier alpha value is -0.120. The van der Waals surface area contributed by atoms with Crippen LogP contribution in [0.25, 0.3) is 0 Å². The summed E-state index contributed by atoms with van der Waals surface area (Å²) in [6.07, 6.45) is 3.63. The van der Waals surface area contributed by atoms with Crippen LogP contribution in [0.5, 0.6) is 0 Å². The van der Waals surface area contributed by atoms with Crippen molar-refractivity contribution < 1.29 is 5.11 Å². The molecule has 1 rings (SSSR count). The minimum absolute atomic E-state index is 0.310. The van der Waals surface area contributed by atoms with Gasteiger partial charge in [0, 0.05) is 19.1 Å². The van der Waals surface area contributed by atoms with Crippen molar-refractivity contribution >= 4 is 0 Å². The molecule has 0 aliphatic carbocycles. The fourth-order valence-electron chi connectivity index (χ4n) is 3.16. The summed E-state index contributed by atoms with van der Waals surface area (Å²) in [4.78, 5) is 2.51. The third kappa shape index (κ3) is 3.43. The Bertz CT molecular complexity index is 216. The zero-order valence-corrected chi connectivity index (χ0v) is 12.0. The van der Waals surface area contributed by atoms with E-state index in [1.165, 1.54) is 19.3 Å². The summed E-state index contributed by atoms with van der Waals surface area (Å²) in [6, 6.07) is 0.379. The van der Waals surface area contributed by atoms with Gasteiger partial charge in [0.1, 0.15) is 0 Å². The van der Waals surface area contributed by atoms with E-state index in [1.807, 2.05) is 7.05 Å². The van der Waals surface area contributed by atoms with Gasteiger partial charge >= 0.3 is 0 Å². The van der Waals surface area contributed by atoms with E-state index in [1.54, 1.807) is 0 Å². The summed E-state index contributed by atoms with van der Waals surface area (Å²) in [5.41, 5.74) is 0.367. The molecular formula is C14H30N2O. The van der Waals surface area contributed by atoms with E-state index >= 15 is 0 Å². The highest BCUT2D eigenvalue weighted by Gasteiger charge is 2.36. The largest absolute Gasteiger partial charge is 0.395 e. The summed E-state index contributed by atoms with van der Waals surface area (Å²) in [5.74, 6) is 0.640. The third-order valence-corrected chi connectivity index (χ3v) is 4.77. The number of nitrogens with zero attached hydrogens (tertiary/aromatic N) is 1. The molecule has 17 heavy (non-hydrogen) atoms. The maximum Gasteiger partial charge on any atom is 0.0589 e. The van der Waals surface area contributed by atoms with Crippen LogP contribution in [0.4, 0.5) is 0 Å². The molecule has 0 aromatic heterocycles. The maximum absolute atomic E-state index is 9.52. The number of rotatable bonds is 7. The van der Waals surface area contributed by atoms with Gasteiger partial charge in [0.2, 0.25) is 0 Å². The molecule has 102 valence electrons. The van der Waals surface area contributed by atoms with Crippen molar-refractivity contribution in [3.8, 4) is 0 Å². The van der Waals surface area contributed by atoms with E-state index in [0.717, 1.165) is 19.6 Å². The highest BCUT2D eigenvalue weighted by molar-refractivity contribution is 4.90. The molecule has 2 N–H and O–H groups in total. The highest BCUT2D eigenvalue weighted by atomic mass is 16.3. The third-order valence-electron chi connectivity index (χ3n) is 4.77. The summed E-state index contributed by atoms with van der Waals surface area (Å²) < 4.78 is 0. The molecule has 0 bridgehead atoms. The summed E-state index contributed by atoms with van der Waals surface area (Å²) in [6.45, 7) is 10.5. The summed E-state index contributed by atoms with van der Waals surface area (Å²) in [5, 5.41) is 12.9. The molecule has 1 aliphatic rings. The Kier molecular flexibility index (Phi) is 5.90. The van der Waals surface area contributed by atoms with Crippen LogP contribution in [0.3, 0.4) is 0 Å². The van der Waals surface area contributed by atoms with Gasteiger partial charge in [0.05, 0.1) is 6.61 Å². The van der Waals surface area contributed by atoms with Crippen LogP contribution in [0.2, 0.25) is 0 Å². The molecular weight excluding hydrogens is 212 g/mol. The Labute approximate surface area is 107 Å². The number of nitrogens with one attached hydrogen (secondary N) is 1. The Balaban J connectivity index is 2.66. The molecule has 1 fully saturated rings. The molecule has 0 radical (unpaired) electrons. The molecule has 0 saturated carbocycles. The number of likely N-dealkylation sites (tertiary alicyclic amines) is 1. The monoisotopic (exact) mass is 242 g/mol. The first-order chi connectivity index (χ1) is 8.12. The normalized spacial score (nSPS) is 26.6. The van der Waals surface area contributed by atoms with Crippen LogP contribution >= 0.6 is 0 Å². The van der Waals surface area contributed by atoms with Crippen molar-refractivity contribution in [2.75, 3.05) is 33.3 Å². The lowest BCUT2D eigenvalue weighted by Gasteiger charge is -2.38. The molecule has 0 spiro atoms. The van der Waals surface area contributed by atoms with E-state index in [9.17, 15) is 5.11 Å². The second kappa shape index (κ2) is 6.72. The average molecular weight is 242 g/mol. The van der Waals surface area contributed by atoms with Crippen LogP contribution in [-0.2, 0) is 0 Å². The lowest BCUT2D eigenvalue weighted by molar-refractivity contribution is 0.0839. The van der Waals surface area contributed by atoms with Gasteiger partial charge in [-0.2, -0.15) is 0 Å². The fraction of sp³-hybridized carbons (Fsp3) is 1.00. The molecule has 1 aliphatic heterocycles. The van der Waals surface area contributed by atoms with Crippen molar-refractivity contribution in [1.82, 2.24) is 10.2 Å². The van der Waals surface area contributed by atoms with Gasteiger partial charge in [-0.15, -0.1) is 0 Å². The second-order valence-corrected chi connectivity index (χ2v) is 5.72. The Morgan fingerprint density at radius 1 is 1.35 bits per heavy atom. The van der Waals surface area contributed by atoms with E-state index < -0.39 is 0 Å². The predicted octanol–water partition coefficient (Wildman–Crippen LogP) is 1.71. The number of hydrogen-bond donors (Lipinski definition) is 2. The number of aliphatic hydroxyl groups excluding tert-OH is 1. The summed E-state index contributed by atoms with van der Waals surface area (Å²) in [7, 11) is 2.04. The smallest absolute Gasteiger partial charge is 0.0589 e. The van der Waals surface area contributed by atoms with Crippen LogP contribution in [-0.4, -0.2) is 49.3 Å². The Morgan fingerprint density at radius 3 is 2.47 bits per heavy atom. The first-order valence-corrected chi connectivity index (χ1v) is 7.12. The number of aliphatic hydroxyl groups is 1. The minimum atomic E-state index is 0.310. The molecule has 2 atom stereocenters. The van der Waals surface area contributed by atoms with Gasteiger partial charge in [-0.3, -0.25) is 4.90 Å². The van der Waals surface area contributed by atoms with Crippen LogP contribution in [0.15, 0.2) is 0 Å². The maximum atomic E-state index is 9.52. The van der Waals surface area contributed by atoms with Crippen molar-refractivity contribution in [3.05, 3.63) is 0 Å². The van der Waals surface area contributed by atoms with Crippen molar-refractivity contribution in [2.24, 2.45) is 11.3 Å². The van der Waals surface area contributed by atoms with Crippen molar-refractivity contribution in [1.29, 1.82) is 0 Å². The highest BCUT2D eigenvalue weighted by Crippen LogP contribution is 2.32. The molecule has 0 amide bonds. The summed E-state index contributed by atoms with van der Waals surface area (Å²) >= 11 is 0. The van der Waals surface area contributed by atoms with Gasteiger partial charge in [0.25, 0.3) is 0 Å². The van der Waals surface area contributed by atoms with Gasteiger partial charge in [-0.1, -0.05) is 20.8 Å². The Morgan fingerprint density at radius 2 is 2.00 bits per heavy atom. The molecule has 3 heteroatoms. The topological polar surface area (TPSA) is 35.5 Å². The fourth-order valence-corrected chi connectivity index (χ4v) is 3.16. The molecule has 1 saturated heterocycles. The van der Waals surface area contributed by atoms with Gasteiger partial charge in [-0.25, -0.2) is 0 Å². The van der Waals surface area contributed by atoms with Crippen LogP contribution < -0.4 is 5.32 Å². The lowest BCUT2D eigenvalue weighted by atomic mass is 9.81. The van der Waals surface area contributed by atoms with Gasteiger partial charge < -0.3 is 10.4 Å². The first kappa shape index (κ1) is 14.9. The van der Waals surface area contributed by atoms with Crippen LogP contribution in [0.1, 0.15) is 40.0 Å². The second-order valence-electron chi connectivity index (χ2n) is 5.72. The minimum Gasteiger partial charge on any atom is -0.395 e.